The van der Waals surface area contributed by atoms with Gasteiger partial charge in [0.2, 0.25) is 0 Å². The highest BCUT2D eigenvalue weighted by Crippen LogP contribution is 2.32. The lowest BCUT2D eigenvalue weighted by atomic mass is 9.92. The molecule has 0 radical (unpaired) electrons. The van der Waals surface area contributed by atoms with Crippen molar-refractivity contribution in [2.24, 2.45) is 0 Å². The van der Waals surface area contributed by atoms with Gasteiger partial charge in [-0.05, 0) is 49.6 Å². The van der Waals surface area contributed by atoms with Crippen LogP contribution in [0.3, 0.4) is 0 Å². The molecular weight excluding hydrogens is 354 g/mol. The molecule has 0 bridgehead atoms. The zero-order valence-corrected chi connectivity index (χ0v) is 16.0. The van der Waals surface area contributed by atoms with Crippen molar-refractivity contribution in [3.63, 3.8) is 0 Å². The van der Waals surface area contributed by atoms with E-state index >= 15 is 0 Å². The summed E-state index contributed by atoms with van der Waals surface area (Å²) in [6.45, 7) is 3.17. The van der Waals surface area contributed by atoms with E-state index in [1.165, 1.54) is 6.07 Å². The first-order chi connectivity index (χ1) is 13.5. The molecule has 2 atom stereocenters. The number of likely N-dealkylation sites (tertiary alicyclic amines) is 1. The number of fused-ring (bicyclic) bond motifs is 1. The van der Waals surface area contributed by atoms with Crippen LogP contribution in [0.1, 0.15) is 42.1 Å². The van der Waals surface area contributed by atoms with Crippen LogP contribution in [0, 0.1) is 6.92 Å². The fourth-order valence-corrected chi connectivity index (χ4v) is 4.21. The smallest absolute Gasteiger partial charge is 0.336 e. The maximum atomic E-state index is 12.1. The molecule has 5 heteroatoms. The molecule has 2 N–H and O–H groups in total. The molecule has 1 aliphatic heterocycles. The maximum Gasteiger partial charge on any atom is 0.336 e. The molecular formula is C23H25NO4. The summed E-state index contributed by atoms with van der Waals surface area (Å²) >= 11 is 0. The van der Waals surface area contributed by atoms with E-state index in [0.717, 1.165) is 42.3 Å². The number of hydrogen-bond acceptors (Lipinski definition) is 5. The van der Waals surface area contributed by atoms with Gasteiger partial charge >= 0.3 is 5.63 Å². The maximum absolute atomic E-state index is 12.1. The number of aromatic hydroxyl groups is 1. The van der Waals surface area contributed by atoms with Crippen LogP contribution in [0.4, 0.5) is 0 Å². The van der Waals surface area contributed by atoms with Crippen LogP contribution in [0.25, 0.3) is 11.0 Å². The standard InChI is InChI=1S/C23H25NO4/c1-15-20(25)11-10-18-17(13-21(26)28-23(15)18)14-24-12-6-5-9-19(24)22(27)16-7-3-2-4-8-16/h2-4,7-8,10-11,13,19,22,25,27H,5-6,9,12,14H2,1H3. The summed E-state index contributed by atoms with van der Waals surface area (Å²) in [5.41, 5.74) is 2.35. The van der Waals surface area contributed by atoms with Crippen LogP contribution in [0.15, 0.2) is 57.7 Å². The lowest BCUT2D eigenvalue weighted by Gasteiger charge is -2.38. The van der Waals surface area contributed by atoms with Crippen molar-refractivity contribution in [1.29, 1.82) is 0 Å². The molecule has 1 aliphatic rings. The Balaban J connectivity index is 1.69. The van der Waals surface area contributed by atoms with Gasteiger partial charge in [-0.25, -0.2) is 4.79 Å². The molecule has 0 saturated carbocycles. The molecule has 2 aromatic carbocycles. The van der Waals surface area contributed by atoms with Crippen molar-refractivity contribution >= 4 is 11.0 Å². The van der Waals surface area contributed by atoms with E-state index in [2.05, 4.69) is 4.90 Å². The van der Waals surface area contributed by atoms with Gasteiger partial charge in [-0.3, -0.25) is 4.90 Å². The largest absolute Gasteiger partial charge is 0.508 e. The number of hydrogen-bond donors (Lipinski definition) is 2. The van der Waals surface area contributed by atoms with Gasteiger partial charge in [0, 0.05) is 29.6 Å². The molecule has 1 fully saturated rings. The van der Waals surface area contributed by atoms with Gasteiger partial charge in [-0.2, -0.15) is 0 Å². The minimum Gasteiger partial charge on any atom is -0.508 e. The predicted octanol–water partition coefficient (Wildman–Crippen LogP) is 3.90. The number of rotatable bonds is 4. The quantitative estimate of drug-likeness (QED) is 0.673. The lowest BCUT2D eigenvalue weighted by molar-refractivity contribution is 0.0204. The third kappa shape index (κ3) is 3.55. The Labute approximate surface area is 163 Å². The summed E-state index contributed by atoms with van der Waals surface area (Å²) in [5.74, 6) is 0.114. The van der Waals surface area contributed by atoms with E-state index < -0.39 is 11.7 Å². The van der Waals surface area contributed by atoms with E-state index in [-0.39, 0.29) is 11.8 Å². The highest BCUT2D eigenvalue weighted by molar-refractivity contribution is 5.84. The van der Waals surface area contributed by atoms with Gasteiger partial charge in [0.05, 0.1) is 6.10 Å². The van der Waals surface area contributed by atoms with Crippen LogP contribution >= 0.6 is 0 Å². The molecule has 2 unspecified atom stereocenters. The number of aryl methyl sites for hydroxylation is 1. The van der Waals surface area contributed by atoms with E-state index in [1.54, 1.807) is 19.1 Å². The van der Waals surface area contributed by atoms with Gasteiger partial charge in [0.25, 0.3) is 0 Å². The van der Waals surface area contributed by atoms with Crippen LogP contribution in [0.5, 0.6) is 5.75 Å². The first-order valence-electron chi connectivity index (χ1n) is 9.77. The van der Waals surface area contributed by atoms with Crippen LogP contribution < -0.4 is 5.63 Å². The first-order valence-corrected chi connectivity index (χ1v) is 9.77. The molecule has 5 nitrogen and oxygen atoms in total. The van der Waals surface area contributed by atoms with Gasteiger partial charge in [0.15, 0.2) is 0 Å². The zero-order valence-electron chi connectivity index (χ0n) is 16.0. The molecule has 0 amide bonds. The highest BCUT2D eigenvalue weighted by atomic mass is 16.4. The fraction of sp³-hybridized carbons (Fsp3) is 0.348. The van der Waals surface area contributed by atoms with Crippen LogP contribution in [-0.2, 0) is 6.54 Å². The third-order valence-corrected chi connectivity index (χ3v) is 5.76. The number of phenols is 1. The molecule has 0 aliphatic carbocycles. The van der Waals surface area contributed by atoms with Crippen molar-refractivity contribution < 1.29 is 14.6 Å². The van der Waals surface area contributed by atoms with Crippen molar-refractivity contribution in [1.82, 2.24) is 4.90 Å². The zero-order chi connectivity index (χ0) is 19.7. The molecule has 2 heterocycles. The minimum absolute atomic E-state index is 0.00309. The third-order valence-electron chi connectivity index (χ3n) is 5.76. The van der Waals surface area contributed by atoms with E-state index in [0.29, 0.717) is 17.7 Å². The Morgan fingerprint density at radius 2 is 1.96 bits per heavy atom. The fourth-order valence-electron chi connectivity index (χ4n) is 4.21. The van der Waals surface area contributed by atoms with Gasteiger partial charge in [-0.15, -0.1) is 0 Å². The van der Waals surface area contributed by atoms with Crippen molar-refractivity contribution in [3.05, 3.63) is 75.6 Å². The van der Waals surface area contributed by atoms with E-state index in [9.17, 15) is 15.0 Å². The second kappa shape index (κ2) is 7.78. The second-order valence-corrected chi connectivity index (χ2v) is 7.57. The number of piperidine rings is 1. The minimum atomic E-state index is -0.571. The molecule has 1 aromatic heterocycles. The average molecular weight is 379 g/mol. The Kier molecular flexibility index (Phi) is 5.20. The first kappa shape index (κ1) is 18.7. The number of aliphatic hydroxyl groups excluding tert-OH is 1. The van der Waals surface area contributed by atoms with Gasteiger partial charge < -0.3 is 14.6 Å². The highest BCUT2D eigenvalue weighted by Gasteiger charge is 2.30. The van der Waals surface area contributed by atoms with Gasteiger partial charge in [-0.1, -0.05) is 36.8 Å². The normalized spacial score (nSPS) is 19.0. The molecule has 1 saturated heterocycles. The topological polar surface area (TPSA) is 73.9 Å². The average Bonchev–Trinajstić information content (AvgIpc) is 2.71. The molecule has 4 rings (SSSR count). The van der Waals surface area contributed by atoms with Crippen LogP contribution in [-0.4, -0.2) is 27.7 Å². The Morgan fingerprint density at radius 3 is 2.75 bits per heavy atom. The molecule has 0 spiro atoms. The van der Waals surface area contributed by atoms with E-state index in [1.807, 2.05) is 30.3 Å². The number of benzene rings is 2. The SMILES string of the molecule is Cc1c(O)ccc2c(CN3CCCCC3C(O)c3ccccc3)cc(=O)oc12. The summed E-state index contributed by atoms with van der Waals surface area (Å²) in [4.78, 5) is 14.4. The van der Waals surface area contributed by atoms with Crippen LogP contribution in [0.2, 0.25) is 0 Å². The summed E-state index contributed by atoms with van der Waals surface area (Å²) < 4.78 is 5.36. The monoisotopic (exact) mass is 379 g/mol. The summed E-state index contributed by atoms with van der Waals surface area (Å²) in [6.07, 6.45) is 2.49. The molecule has 146 valence electrons. The summed E-state index contributed by atoms with van der Waals surface area (Å²) in [7, 11) is 0. The summed E-state index contributed by atoms with van der Waals surface area (Å²) in [5, 5.41) is 21.8. The van der Waals surface area contributed by atoms with Gasteiger partial charge in [0.1, 0.15) is 11.3 Å². The van der Waals surface area contributed by atoms with Crippen molar-refractivity contribution in [2.75, 3.05) is 6.54 Å². The molecule has 3 aromatic rings. The number of phenolic OH excluding ortho intramolecular Hbond substituents is 1. The Hall–Kier alpha value is -2.63. The Morgan fingerprint density at radius 1 is 1.18 bits per heavy atom. The van der Waals surface area contributed by atoms with Crippen molar-refractivity contribution in [2.45, 2.75) is 44.9 Å². The Bertz CT molecular complexity index is 1030. The lowest BCUT2D eigenvalue weighted by Crippen LogP contribution is -2.42. The van der Waals surface area contributed by atoms with E-state index in [4.69, 9.17) is 4.42 Å². The summed E-state index contributed by atoms with van der Waals surface area (Å²) in [6, 6.07) is 14.7. The predicted molar refractivity (Wildman–Crippen MR) is 108 cm³/mol. The number of aliphatic hydroxyl groups is 1. The number of nitrogens with zero attached hydrogens (tertiary/aromatic N) is 1. The molecule has 28 heavy (non-hydrogen) atoms. The van der Waals surface area contributed by atoms with Crippen molar-refractivity contribution in [3.8, 4) is 5.75 Å². The second-order valence-electron chi connectivity index (χ2n) is 7.57.